The van der Waals surface area contributed by atoms with Gasteiger partial charge >= 0.3 is 0 Å². The largest absolute Gasteiger partial charge is 0.396 e. The van der Waals surface area contributed by atoms with E-state index in [4.69, 9.17) is 11.0 Å². The Kier molecular flexibility index (Phi) is 3.33. The monoisotopic (exact) mass is 240 g/mol. The Hall–Kier alpha value is -2.28. The lowest BCUT2D eigenvalue weighted by Crippen LogP contribution is -2.02. The van der Waals surface area contributed by atoms with E-state index in [9.17, 15) is 0 Å². The zero-order valence-corrected chi connectivity index (χ0v) is 10.6. The van der Waals surface area contributed by atoms with Crippen LogP contribution in [0.15, 0.2) is 24.3 Å². The van der Waals surface area contributed by atoms with E-state index < -0.39 is 0 Å². The van der Waals surface area contributed by atoms with Crippen molar-refractivity contribution in [3.05, 3.63) is 41.2 Å². The molecule has 0 bridgehead atoms. The summed E-state index contributed by atoms with van der Waals surface area (Å²) in [7, 11) is 0. The van der Waals surface area contributed by atoms with Gasteiger partial charge in [0.25, 0.3) is 0 Å². The molecule has 0 saturated carbocycles. The molecule has 2 N–H and O–H groups in total. The van der Waals surface area contributed by atoms with Crippen LogP contribution in [-0.4, -0.2) is 9.78 Å². The molecule has 0 radical (unpaired) electrons. The molecule has 0 fully saturated rings. The molecular weight excluding hydrogens is 224 g/mol. The van der Waals surface area contributed by atoms with Gasteiger partial charge < -0.3 is 5.73 Å². The number of benzene rings is 1. The Balaban J connectivity index is 2.52. The molecule has 0 aliphatic heterocycles. The lowest BCUT2D eigenvalue weighted by Gasteiger charge is -2.06. The zero-order chi connectivity index (χ0) is 13.1. The van der Waals surface area contributed by atoms with Crippen LogP contribution in [0.5, 0.6) is 0 Å². The summed E-state index contributed by atoms with van der Waals surface area (Å²) in [6.45, 7) is 4.11. The van der Waals surface area contributed by atoms with Crippen molar-refractivity contribution in [1.82, 2.24) is 9.78 Å². The van der Waals surface area contributed by atoms with Crippen molar-refractivity contribution >= 4 is 5.69 Å². The predicted octanol–water partition coefficient (Wildman–Crippen LogP) is 2.45. The summed E-state index contributed by atoms with van der Waals surface area (Å²) in [6, 6.07) is 9.47. The Labute approximate surface area is 107 Å². The van der Waals surface area contributed by atoms with E-state index in [1.807, 2.05) is 23.7 Å². The lowest BCUT2D eigenvalue weighted by molar-refractivity contribution is 0.794. The van der Waals surface area contributed by atoms with Crippen LogP contribution >= 0.6 is 0 Å². The molecule has 0 aliphatic carbocycles. The Morgan fingerprint density at radius 2 is 1.89 bits per heavy atom. The number of nitrogen functional groups attached to an aromatic ring is 1. The zero-order valence-electron chi connectivity index (χ0n) is 10.6. The van der Waals surface area contributed by atoms with Gasteiger partial charge in [-0.1, -0.05) is 13.8 Å². The fourth-order valence-corrected chi connectivity index (χ4v) is 2.01. The molecule has 4 nitrogen and oxygen atoms in total. The van der Waals surface area contributed by atoms with Crippen LogP contribution in [0.1, 0.15) is 30.8 Å². The van der Waals surface area contributed by atoms with E-state index in [0.717, 1.165) is 35.6 Å². The Morgan fingerprint density at radius 3 is 2.39 bits per heavy atom. The highest BCUT2D eigenvalue weighted by molar-refractivity contribution is 5.52. The van der Waals surface area contributed by atoms with Gasteiger partial charge in [-0.2, -0.15) is 10.4 Å². The molecular formula is C14H16N4. The van der Waals surface area contributed by atoms with Crippen molar-refractivity contribution in [3.63, 3.8) is 0 Å². The van der Waals surface area contributed by atoms with Gasteiger partial charge in [0.05, 0.1) is 34.4 Å². The molecule has 0 amide bonds. The second-order valence-corrected chi connectivity index (χ2v) is 4.08. The molecule has 1 aromatic heterocycles. The van der Waals surface area contributed by atoms with Gasteiger partial charge in [0.15, 0.2) is 0 Å². The molecule has 4 heteroatoms. The van der Waals surface area contributed by atoms with Crippen molar-refractivity contribution < 1.29 is 0 Å². The van der Waals surface area contributed by atoms with Crippen LogP contribution in [0, 0.1) is 11.3 Å². The van der Waals surface area contributed by atoms with Crippen molar-refractivity contribution in [2.45, 2.75) is 26.7 Å². The van der Waals surface area contributed by atoms with E-state index in [0.29, 0.717) is 5.56 Å². The highest BCUT2D eigenvalue weighted by Crippen LogP contribution is 2.22. The van der Waals surface area contributed by atoms with Gasteiger partial charge in [0, 0.05) is 0 Å². The number of aromatic nitrogens is 2. The number of rotatable bonds is 3. The summed E-state index contributed by atoms with van der Waals surface area (Å²) in [4.78, 5) is 0. The number of hydrogen-bond acceptors (Lipinski definition) is 3. The lowest BCUT2D eigenvalue weighted by atomic mass is 10.2. The third kappa shape index (κ3) is 1.95. The molecule has 0 spiro atoms. The van der Waals surface area contributed by atoms with Gasteiger partial charge in [-0.3, -0.25) is 0 Å². The summed E-state index contributed by atoms with van der Waals surface area (Å²) in [5, 5.41) is 13.3. The first-order chi connectivity index (χ1) is 8.71. The number of nitrogens with zero attached hydrogens (tertiary/aromatic N) is 3. The quantitative estimate of drug-likeness (QED) is 0.896. The second kappa shape index (κ2) is 4.92. The Bertz CT molecular complexity index is 587. The highest BCUT2D eigenvalue weighted by Gasteiger charge is 2.13. The summed E-state index contributed by atoms with van der Waals surface area (Å²) in [5.41, 5.74) is 10.4. The molecule has 0 saturated heterocycles. The SMILES string of the molecule is CCc1nn(-c2ccc(C#N)cc2)c(CC)c1N. The minimum absolute atomic E-state index is 0.646. The normalized spacial score (nSPS) is 10.3. The summed E-state index contributed by atoms with van der Waals surface area (Å²) < 4.78 is 1.87. The van der Waals surface area contributed by atoms with Gasteiger partial charge in [0.2, 0.25) is 0 Å². The van der Waals surface area contributed by atoms with Crippen LogP contribution in [-0.2, 0) is 12.8 Å². The van der Waals surface area contributed by atoms with E-state index in [1.54, 1.807) is 12.1 Å². The molecule has 0 atom stereocenters. The van der Waals surface area contributed by atoms with Crippen molar-refractivity contribution in [3.8, 4) is 11.8 Å². The first-order valence-electron chi connectivity index (χ1n) is 6.08. The molecule has 18 heavy (non-hydrogen) atoms. The Morgan fingerprint density at radius 1 is 1.22 bits per heavy atom. The molecule has 0 unspecified atom stereocenters. The maximum atomic E-state index is 8.79. The third-order valence-electron chi connectivity index (χ3n) is 3.01. The molecule has 0 aliphatic rings. The predicted molar refractivity (Wildman–Crippen MR) is 71.4 cm³/mol. The second-order valence-electron chi connectivity index (χ2n) is 4.08. The molecule has 2 rings (SSSR count). The fraction of sp³-hybridized carbons (Fsp3) is 0.286. The number of nitriles is 1. The van der Waals surface area contributed by atoms with E-state index in [1.165, 1.54) is 0 Å². The topological polar surface area (TPSA) is 67.6 Å². The van der Waals surface area contributed by atoms with Crippen LogP contribution in [0.25, 0.3) is 5.69 Å². The summed E-state index contributed by atoms with van der Waals surface area (Å²) >= 11 is 0. The summed E-state index contributed by atoms with van der Waals surface area (Å²) in [6.07, 6.45) is 1.65. The molecule has 1 heterocycles. The first kappa shape index (κ1) is 12.2. The molecule has 92 valence electrons. The summed E-state index contributed by atoms with van der Waals surface area (Å²) in [5.74, 6) is 0. The first-order valence-corrected chi connectivity index (χ1v) is 6.08. The third-order valence-corrected chi connectivity index (χ3v) is 3.01. The average Bonchev–Trinajstić information content (AvgIpc) is 2.75. The number of aryl methyl sites for hydroxylation is 1. The minimum atomic E-state index is 0.646. The van der Waals surface area contributed by atoms with Crippen LogP contribution < -0.4 is 5.73 Å². The number of nitrogens with two attached hydrogens (primary N) is 1. The average molecular weight is 240 g/mol. The van der Waals surface area contributed by atoms with E-state index in [-0.39, 0.29) is 0 Å². The van der Waals surface area contributed by atoms with Crippen molar-refractivity contribution in [2.24, 2.45) is 0 Å². The standard InChI is InChI=1S/C14H16N4/c1-3-12-14(16)13(4-2)18(17-12)11-7-5-10(9-15)6-8-11/h5-8H,3-4,16H2,1-2H3. The van der Waals surface area contributed by atoms with E-state index >= 15 is 0 Å². The number of hydrogen-bond donors (Lipinski definition) is 1. The minimum Gasteiger partial charge on any atom is -0.396 e. The van der Waals surface area contributed by atoms with Gasteiger partial charge in [-0.15, -0.1) is 0 Å². The fourth-order valence-electron chi connectivity index (χ4n) is 2.01. The van der Waals surface area contributed by atoms with Gasteiger partial charge in [-0.25, -0.2) is 4.68 Å². The van der Waals surface area contributed by atoms with Gasteiger partial charge in [0.1, 0.15) is 0 Å². The van der Waals surface area contributed by atoms with E-state index in [2.05, 4.69) is 18.1 Å². The van der Waals surface area contributed by atoms with Crippen LogP contribution in [0.2, 0.25) is 0 Å². The van der Waals surface area contributed by atoms with Crippen molar-refractivity contribution in [1.29, 1.82) is 5.26 Å². The number of anilines is 1. The molecule has 2 aromatic rings. The highest BCUT2D eigenvalue weighted by atomic mass is 15.3. The maximum Gasteiger partial charge on any atom is 0.0991 e. The van der Waals surface area contributed by atoms with Crippen LogP contribution in [0.3, 0.4) is 0 Å². The van der Waals surface area contributed by atoms with Gasteiger partial charge in [-0.05, 0) is 37.1 Å². The smallest absolute Gasteiger partial charge is 0.0991 e. The van der Waals surface area contributed by atoms with Crippen LogP contribution in [0.4, 0.5) is 5.69 Å². The molecule has 1 aromatic carbocycles. The van der Waals surface area contributed by atoms with Crippen molar-refractivity contribution in [2.75, 3.05) is 5.73 Å². The maximum absolute atomic E-state index is 8.79.